The molecule has 0 saturated heterocycles. The van der Waals surface area contributed by atoms with E-state index in [0.29, 0.717) is 22.5 Å². The molecule has 0 aliphatic carbocycles. The first kappa shape index (κ1) is 17.2. The number of hydrogen-bond donors (Lipinski definition) is 2. The fraction of sp³-hybridized carbons (Fsp3) is 0.0588. The van der Waals surface area contributed by atoms with Crippen LogP contribution in [0.1, 0.15) is 12.5 Å². The van der Waals surface area contributed by atoms with Crippen molar-refractivity contribution in [2.75, 3.05) is 10.0 Å². The zero-order chi connectivity index (χ0) is 17.7. The van der Waals surface area contributed by atoms with Crippen molar-refractivity contribution >= 4 is 27.3 Å². The van der Waals surface area contributed by atoms with Gasteiger partial charge in [-0.15, -0.1) is 0 Å². The second-order valence-electron chi connectivity index (χ2n) is 5.05. The Kier molecular flexibility index (Phi) is 5.02. The van der Waals surface area contributed by atoms with Gasteiger partial charge in [0.25, 0.3) is 15.9 Å². The highest BCUT2D eigenvalue weighted by Crippen LogP contribution is 2.19. The topological polar surface area (TPSA) is 99.1 Å². The monoisotopic (exact) mass is 341 g/mol. The third-order valence-electron chi connectivity index (χ3n) is 3.08. The summed E-state index contributed by atoms with van der Waals surface area (Å²) >= 11 is 0. The van der Waals surface area contributed by atoms with E-state index < -0.39 is 10.0 Å². The molecule has 0 fully saturated rings. The number of amides is 1. The van der Waals surface area contributed by atoms with E-state index >= 15 is 0 Å². The summed E-state index contributed by atoms with van der Waals surface area (Å²) in [6.07, 6.45) is 0. The number of carbonyl (C=O) groups is 1. The normalized spacial score (nSPS) is 10.5. The summed E-state index contributed by atoms with van der Waals surface area (Å²) in [4.78, 5) is 11.6. The molecule has 0 spiro atoms. The van der Waals surface area contributed by atoms with Crippen molar-refractivity contribution in [1.82, 2.24) is 0 Å². The van der Waals surface area contributed by atoms with Crippen molar-refractivity contribution in [3.63, 3.8) is 0 Å². The molecule has 2 aromatic carbocycles. The molecule has 0 saturated carbocycles. The molecular weight excluding hydrogens is 326 g/mol. The molecule has 0 heterocycles. The van der Waals surface area contributed by atoms with Crippen LogP contribution in [0.25, 0.3) is 0 Å². The SMILES string of the molecule is C=C(C)C(=O)Nc1ccc(S(=O)(=O)Nc2ccc(C#N)cc2)cc1. The maximum atomic E-state index is 12.3. The number of rotatable bonds is 5. The maximum Gasteiger partial charge on any atom is 0.261 e. The number of sulfonamides is 1. The van der Waals surface area contributed by atoms with E-state index in [4.69, 9.17) is 5.26 Å². The van der Waals surface area contributed by atoms with Gasteiger partial charge in [-0.05, 0) is 55.5 Å². The van der Waals surface area contributed by atoms with E-state index in [2.05, 4.69) is 16.6 Å². The van der Waals surface area contributed by atoms with Crippen LogP contribution in [0.5, 0.6) is 0 Å². The number of nitriles is 1. The quantitative estimate of drug-likeness (QED) is 0.817. The Labute approximate surface area is 140 Å². The van der Waals surface area contributed by atoms with Gasteiger partial charge in [0.1, 0.15) is 0 Å². The lowest BCUT2D eigenvalue weighted by Crippen LogP contribution is -2.14. The molecule has 0 aliphatic heterocycles. The second kappa shape index (κ2) is 6.98. The molecule has 7 heteroatoms. The van der Waals surface area contributed by atoms with Gasteiger partial charge < -0.3 is 5.32 Å². The number of nitrogens with zero attached hydrogens (tertiary/aromatic N) is 1. The molecule has 1 amide bonds. The maximum absolute atomic E-state index is 12.3. The average Bonchev–Trinajstić information content (AvgIpc) is 2.55. The molecule has 24 heavy (non-hydrogen) atoms. The van der Waals surface area contributed by atoms with E-state index in [0.717, 1.165) is 0 Å². The molecule has 0 bridgehead atoms. The third kappa shape index (κ3) is 4.21. The molecule has 0 aromatic heterocycles. The van der Waals surface area contributed by atoms with Crippen LogP contribution in [0.2, 0.25) is 0 Å². The third-order valence-corrected chi connectivity index (χ3v) is 4.47. The molecule has 2 aromatic rings. The van der Waals surface area contributed by atoms with Gasteiger partial charge in [-0.3, -0.25) is 9.52 Å². The van der Waals surface area contributed by atoms with Gasteiger partial charge in [0.2, 0.25) is 0 Å². The predicted octanol–water partition coefficient (Wildman–Crippen LogP) is 2.87. The van der Waals surface area contributed by atoms with E-state index in [-0.39, 0.29) is 10.8 Å². The van der Waals surface area contributed by atoms with Crippen LogP contribution < -0.4 is 10.0 Å². The van der Waals surface area contributed by atoms with Crippen molar-refractivity contribution in [2.45, 2.75) is 11.8 Å². The van der Waals surface area contributed by atoms with E-state index in [9.17, 15) is 13.2 Å². The lowest BCUT2D eigenvalue weighted by atomic mass is 10.2. The first-order chi connectivity index (χ1) is 11.3. The first-order valence-electron chi connectivity index (χ1n) is 6.92. The van der Waals surface area contributed by atoms with Gasteiger partial charge in [-0.25, -0.2) is 8.42 Å². The van der Waals surface area contributed by atoms with Gasteiger partial charge in [0.15, 0.2) is 0 Å². The lowest BCUT2D eigenvalue weighted by Gasteiger charge is -2.09. The average molecular weight is 341 g/mol. The summed E-state index contributed by atoms with van der Waals surface area (Å²) < 4.78 is 27.1. The highest BCUT2D eigenvalue weighted by molar-refractivity contribution is 7.92. The standard InChI is InChI=1S/C17H15N3O3S/c1-12(2)17(21)19-14-7-9-16(10-8-14)24(22,23)20-15-5-3-13(11-18)4-6-15/h3-10,20H,1H2,2H3,(H,19,21). The molecule has 2 rings (SSSR count). The van der Waals surface area contributed by atoms with Crippen LogP contribution in [0.4, 0.5) is 11.4 Å². The van der Waals surface area contributed by atoms with Gasteiger partial charge in [-0.1, -0.05) is 6.58 Å². The van der Waals surface area contributed by atoms with Gasteiger partial charge in [0, 0.05) is 16.9 Å². The highest BCUT2D eigenvalue weighted by Gasteiger charge is 2.14. The number of nitrogens with one attached hydrogen (secondary N) is 2. The van der Waals surface area contributed by atoms with E-state index in [1.165, 1.54) is 48.5 Å². The number of carbonyl (C=O) groups excluding carboxylic acids is 1. The number of anilines is 2. The largest absolute Gasteiger partial charge is 0.322 e. The minimum Gasteiger partial charge on any atom is -0.322 e. The summed E-state index contributed by atoms with van der Waals surface area (Å²) in [6.45, 7) is 5.11. The van der Waals surface area contributed by atoms with Crippen molar-refractivity contribution < 1.29 is 13.2 Å². The van der Waals surface area contributed by atoms with Crippen LogP contribution in [-0.2, 0) is 14.8 Å². The molecule has 122 valence electrons. The summed E-state index contributed by atoms with van der Waals surface area (Å²) in [5.41, 5.74) is 1.62. The number of hydrogen-bond acceptors (Lipinski definition) is 4. The molecule has 0 radical (unpaired) electrons. The van der Waals surface area contributed by atoms with Crippen LogP contribution in [0.15, 0.2) is 65.6 Å². The summed E-state index contributed by atoms with van der Waals surface area (Å²) in [7, 11) is -3.76. The number of benzene rings is 2. The molecule has 0 aliphatic rings. The second-order valence-corrected chi connectivity index (χ2v) is 6.74. The van der Waals surface area contributed by atoms with Crippen molar-refractivity contribution in [2.24, 2.45) is 0 Å². The Bertz CT molecular complexity index is 909. The Balaban J connectivity index is 2.15. The Morgan fingerprint density at radius 2 is 1.58 bits per heavy atom. The summed E-state index contributed by atoms with van der Waals surface area (Å²) in [6, 6.07) is 13.8. The van der Waals surface area contributed by atoms with Crippen molar-refractivity contribution in [3.8, 4) is 6.07 Å². The Hall–Kier alpha value is -3.11. The Morgan fingerprint density at radius 3 is 2.08 bits per heavy atom. The van der Waals surface area contributed by atoms with Crippen LogP contribution in [0, 0.1) is 11.3 Å². The highest BCUT2D eigenvalue weighted by atomic mass is 32.2. The smallest absolute Gasteiger partial charge is 0.261 e. The van der Waals surface area contributed by atoms with Crippen LogP contribution in [0.3, 0.4) is 0 Å². The first-order valence-corrected chi connectivity index (χ1v) is 8.40. The van der Waals surface area contributed by atoms with E-state index in [1.807, 2.05) is 6.07 Å². The van der Waals surface area contributed by atoms with Crippen molar-refractivity contribution in [1.29, 1.82) is 5.26 Å². The Morgan fingerprint density at radius 1 is 1.04 bits per heavy atom. The molecule has 2 N–H and O–H groups in total. The van der Waals surface area contributed by atoms with Crippen LogP contribution >= 0.6 is 0 Å². The zero-order valence-corrected chi connectivity index (χ0v) is 13.7. The van der Waals surface area contributed by atoms with Gasteiger partial charge >= 0.3 is 0 Å². The minimum atomic E-state index is -3.76. The van der Waals surface area contributed by atoms with Gasteiger partial charge in [-0.2, -0.15) is 5.26 Å². The molecule has 0 unspecified atom stereocenters. The summed E-state index contributed by atoms with van der Waals surface area (Å²) in [5.74, 6) is -0.332. The lowest BCUT2D eigenvalue weighted by molar-refractivity contribution is -0.112. The van der Waals surface area contributed by atoms with Gasteiger partial charge in [0.05, 0.1) is 16.5 Å². The van der Waals surface area contributed by atoms with E-state index in [1.54, 1.807) is 6.92 Å². The van der Waals surface area contributed by atoms with Crippen molar-refractivity contribution in [3.05, 3.63) is 66.2 Å². The summed E-state index contributed by atoms with van der Waals surface area (Å²) in [5, 5.41) is 11.3. The molecule has 0 atom stereocenters. The minimum absolute atomic E-state index is 0.0557. The predicted molar refractivity (Wildman–Crippen MR) is 91.9 cm³/mol. The fourth-order valence-electron chi connectivity index (χ4n) is 1.78. The molecule has 6 nitrogen and oxygen atoms in total. The zero-order valence-electron chi connectivity index (χ0n) is 12.9. The molecular formula is C17H15N3O3S. The van der Waals surface area contributed by atoms with Crippen LogP contribution in [-0.4, -0.2) is 14.3 Å². The fourth-order valence-corrected chi connectivity index (χ4v) is 2.84.